The molecule has 2 aromatic rings. The normalized spacial score (nSPS) is 23.8. The molecule has 6 nitrogen and oxygen atoms in total. The van der Waals surface area contributed by atoms with Crippen LogP contribution in [0.3, 0.4) is 0 Å². The van der Waals surface area contributed by atoms with Gasteiger partial charge in [-0.05, 0) is 82.9 Å². The van der Waals surface area contributed by atoms with Gasteiger partial charge in [-0.3, -0.25) is 14.9 Å². The third kappa shape index (κ3) is 6.47. The molecule has 38 heavy (non-hydrogen) atoms. The molecular formula is C32H50N4O2. The van der Waals surface area contributed by atoms with Crippen molar-refractivity contribution in [3.8, 4) is 0 Å². The van der Waals surface area contributed by atoms with Crippen LogP contribution in [0.1, 0.15) is 124 Å². The first-order chi connectivity index (χ1) is 18.1. The average molecular weight is 523 g/mol. The van der Waals surface area contributed by atoms with Gasteiger partial charge in [0, 0.05) is 48.5 Å². The van der Waals surface area contributed by atoms with Gasteiger partial charge in [0.15, 0.2) is 0 Å². The molecule has 2 aliphatic rings. The first-order valence-corrected chi connectivity index (χ1v) is 14.6. The molecule has 6 heteroatoms. The molecule has 210 valence electrons. The van der Waals surface area contributed by atoms with Crippen molar-refractivity contribution in [3.05, 3.63) is 58.2 Å². The highest BCUT2D eigenvalue weighted by Gasteiger charge is 2.33. The second-order valence-corrected chi connectivity index (χ2v) is 12.4. The molecule has 4 rings (SSSR count). The van der Waals surface area contributed by atoms with Gasteiger partial charge in [0.05, 0.1) is 30.7 Å². The summed E-state index contributed by atoms with van der Waals surface area (Å²) in [6.45, 7) is 16.7. The SMILES string of the molecule is CC(C)c1ccc(C2COC(CN(C)[C@H](C)c3nc(C(C)C)ccc3[C@@H]3CCOC3)C2)c(C(C)N(C)C)n1. The Morgan fingerprint density at radius 3 is 1.89 bits per heavy atom. The van der Waals surface area contributed by atoms with Crippen molar-refractivity contribution in [1.29, 1.82) is 0 Å². The highest BCUT2D eigenvalue weighted by atomic mass is 16.5. The minimum absolute atomic E-state index is 0.200. The third-order valence-corrected chi connectivity index (χ3v) is 8.75. The third-order valence-electron chi connectivity index (χ3n) is 8.75. The molecule has 4 heterocycles. The Hall–Kier alpha value is -1.86. The summed E-state index contributed by atoms with van der Waals surface area (Å²) in [6, 6.07) is 9.53. The predicted octanol–water partition coefficient (Wildman–Crippen LogP) is 6.42. The number of nitrogens with zero attached hydrogens (tertiary/aromatic N) is 4. The summed E-state index contributed by atoms with van der Waals surface area (Å²) in [6.07, 6.45) is 2.30. The Morgan fingerprint density at radius 1 is 0.789 bits per heavy atom. The predicted molar refractivity (Wildman–Crippen MR) is 155 cm³/mol. The van der Waals surface area contributed by atoms with Crippen LogP contribution < -0.4 is 0 Å². The van der Waals surface area contributed by atoms with E-state index in [9.17, 15) is 0 Å². The molecule has 0 radical (unpaired) electrons. The van der Waals surface area contributed by atoms with Crippen LogP contribution in [-0.4, -0.2) is 73.4 Å². The van der Waals surface area contributed by atoms with E-state index in [1.165, 1.54) is 33.9 Å². The number of pyridine rings is 2. The molecule has 3 unspecified atom stereocenters. The van der Waals surface area contributed by atoms with Gasteiger partial charge >= 0.3 is 0 Å². The van der Waals surface area contributed by atoms with Crippen LogP contribution in [0, 0.1) is 0 Å². The minimum Gasteiger partial charge on any atom is -0.381 e. The van der Waals surface area contributed by atoms with Crippen LogP contribution in [0.4, 0.5) is 0 Å². The summed E-state index contributed by atoms with van der Waals surface area (Å²) in [4.78, 5) is 15.0. The number of hydrogen-bond acceptors (Lipinski definition) is 6. The van der Waals surface area contributed by atoms with Gasteiger partial charge in [-0.15, -0.1) is 0 Å². The molecule has 0 N–H and O–H groups in total. The van der Waals surface area contributed by atoms with Crippen molar-refractivity contribution in [2.45, 2.75) is 96.2 Å². The molecule has 5 atom stereocenters. The van der Waals surface area contributed by atoms with Gasteiger partial charge in [0.1, 0.15) is 0 Å². The fourth-order valence-electron chi connectivity index (χ4n) is 5.77. The van der Waals surface area contributed by atoms with Gasteiger partial charge in [-0.2, -0.15) is 0 Å². The summed E-state index contributed by atoms with van der Waals surface area (Å²) in [5.74, 6) is 1.65. The van der Waals surface area contributed by atoms with Gasteiger partial charge in [-0.25, -0.2) is 0 Å². The first-order valence-electron chi connectivity index (χ1n) is 14.6. The smallest absolute Gasteiger partial charge is 0.0709 e. The van der Waals surface area contributed by atoms with Crippen molar-refractivity contribution < 1.29 is 9.47 Å². The molecule has 0 saturated carbocycles. The van der Waals surface area contributed by atoms with Gasteiger partial charge < -0.3 is 14.4 Å². The van der Waals surface area contributed by atoms with Crippen LogP contribution in [0.15, 0.2) is 24.3 Å². The summed E-state index contributed by atoms with van der Waals surface area (Å²) in [5, 5.41) is 0. The summed E-state index contributed by atoms with van der Waals surface area (Å²) in [5.41, 5.74) is 7.45. The second-order valence-electron chi connectivity index (χ2n) is 12.4. The number of ether oxygens (including phenoxy) is 2. The molecule has 0 amide bonds. The maximum absolute atomic E-state index is 6.42. The fraction of sp³-hybridized carbons (Fsp3) is 0.688. The largest absolute Gasteiger partial charge is 0.381 e. The Bertz CT molecular complexity index is 1060. The van der Waals surface area contributed by atoms with Gasteiger partial charge in [0.25, 0.3) is 0 Å². The lowest BCUT2D eigenvalue weighted by Crippen LogP contribution is -2.32. The van der Waals surface area contributed by atoms with E-state index in [2.05, 4.69) is 96.8 Å². The maximum Gasteiger partial charge on any atom is 0.0709 e. The van der Waals surface area contributed by atoms with E-state index < -0.39 is 0 Å². The fourth-order valence-corrected chi connectivity index (χ4v) is 5.77. The molecular weight excluding hydrogens is 472 g/mol. The standard InChI is InChI=1S/C32H50N4O2/c1-20(2)29-13-11-28(31(33-29)22(5)35(7)8)25-16-26(38-19-25)17-36(9)23(6)32-27(24-14-15-37-18-24)10-12-30(34-32)21(3)4/h10-13,20-26H,14-19H2,1-9H3/t22?,23-,24-,25?,26?/m1/s1. The Labute approximate surface area is 231 Å². The van der Waals surface area contributed by atoms with E-state index in [4.69, 9.17) is 19.4 Å². The quantitative estimate of drug-likeness (QED) is 0.359. The minimum atomic E-state index is 0.200. The number of aromatic nitrogens is 2. The molecule has 0 bridgehead atoms. The van der Waals surface area contributed by atoms with Crippen molar-refractivity contribution >= 4 is 0 Å². The highest BCUT2D eigenvalue weighted by molar-refractivity contribution is 5.32. The van der Waals surface area contributed by atoms with E-state index in [0.717, 1.165) is 39.2 Å². The highest BCUT2D eigenvalue weighted by Crippen LogP contribution is 2.37. The zero-order chi connectivity index (χ0) is 27.6. The molecule has 2 aromatic heterocycles. The van der Waals surface area contributed by atoms with E-state index in [-0.39, 0.29) is 18.2 Å². The number of hydrogen-bond donors (Lipinski definition) is 0. The van der Waals surface area contributed by atoms with E-state index in [0.29, 0.717) is 23.7 Å². The summed E-state index contributed by atoms with van der Waals surface area (Å²) >= 11 is 0. The number of likely N-dealkylation sites (N-methyl/N-ethyl adjacent to an activating group) is 1. The van der Waals surface area contributed by atoms with Crippen LogP contribution in [0.25, 0.3) is 0 Å². The second kappa shape index (κ2) is 12.5. The first kappa shape index (κ1) is 29.1. The lowest BCUT2D eigenvalue weighted by molar-refractivity contribution is 0.0688. The molecule has 2 aliphatic heterocycles. The molecule has 0 spiro atoms. The Balaban J connectivity index is 1.49. The average Bonchev–Trinajstić information content (AvgIpc) is 3.59. The monoisotopic (exact) mass is 522 g/mol. The van der Waals surface area contributed by atoms with Crippen LogP contribution in [0.2, 0.25) is 0 Å². The molecule has 0 aliphatic carbocycles. The van der Waals surface area contributed by atoms with Crippen molar-refractivity contribution in [2.75, 3.05) is 47.5 Å². The van der Waals surface area contributed by atoms with Gasteiger partial charge in [-0.1, -0.05) is 39.8 Å². The summed E-state index contributed by atoms with van der Waals surface area (Å²) in [7, 11) is 6.49. The Kier molecular flexibility index (Phi) is 9.62. The lowest BCUT2D eigenvalue weighted by atomic mass is 9.90. The van der Waals surface area contributed by atoms with E-state index >= 15 is 0 Å². The zero-order valence-corrected chi connectivity index (χ0v) is 25.2. The van der Waals surface area contributed by atoms with E-state index in [1.807, 2.05) is 0 Å². The van der Waals surface area contributed by atoms with Gasteiger partial charge in [0.2, 0.25) is 0 Å². The zero-order valence-electron chi connectivity index (χ0n) is 25.2. The topological polar surface area (TPSA) is 50.7 Å². The van der Waals surface area contributed by atoms with Crippen molar-refractivity contribution in [3.63, 3.8) is 0 Å². The van der Waals surface area contributed by atoms with Crippen molar-refractivity contribution in [2.24, 2.45) is 0 Å². The molecule has 2 fully saturated rings. The number of rotatable bonds is 10. The molecule has 0 aromatic carbocycles. The maximum atomic E-state index is 6.42. The van der Waals surface area contributed by atoms with Crippen molar-refractivity contribution in [1.82, 2.24) is 19.8 Å². The van der Waals surface area contributed by atoms with Crippen LogP contribution in [-0.2, 0) is 9.47 Å². The molecule has 2 saturated heterocycles. The lowest BCUT2D eigenvalue weighted by Gasteiger charge is -2.30. The van der Waals surface area contributed by atoms with Crippen LogP contribution >= 0.6 is 0 Å². The summed E-state index contributed by atoms with van der Waals surface area (Å²) < 4.78 is 12.2. The van der Waals surface area contributed by atoms with E-state index in [1.54, 1.807) is 0 Å². The van der Waals surface area contributed by atoms with Crippen LogP contribution in [0.5, 0.6) is 0 Å². The Morgan fingerprint density at radius 2 is 1.37 bits per heavy atom.